The second kappa shape index (κ2) is 6.09. The van der Waals surface area contributed by atoms with Gasteiger partial charge >= 0.3 is 0 Å². The van der Waals surface area contributed by atoms with Gasteiger partial charge in [0, 0.05) is 24.0 Å². The van der Waals surface area contributed by atoms with Crippen LogP contribution in [0, 0.1) is 0 Å². The Labute approximate surface area is 123 Å². The molecule has 1 saturated carbocycles. The Morgan fingerprint density at radius 1 is 1.50 bits per heavy atom. The number of hydrogen-bond donors (Lipinski definition) is 1. The number of nitrogens with zero attached hydrogens (tertiary/aromatic N) is 1. The molecule has 1 fully saturated rings. The van der Waals surface area contributed by atoms with Crippen molar-refractivity contribution < 1.29 is 9.59 Å². The van der Waals surface area contributed by atoms with Gasteiger partial charge < -0.3 is 10.2 Å². The third-order valence-corrected chi connectivity index (χ3v) is 3.72. The van der Waals surface area contributed by atoms with E-state index in [9.17, 15) is 9.59 Å². The van der Waals surface area contributed by atoms with Crippen LogP contribution >= 0.6 is 11.6 Å². The lowest BCUT2D eigenvalue weighted by Gasteiger charge is -2.14. The number of carbonyl (C=O) groups is 2. The lowest BCUT2D eigenvalue weighted by atomic mass is 10.1. The number of halogens is 1. The molecule has 0 aromatic heterocycles. The summed E-state index contributed by atoms with van der Waals surface area (Å²) in [5.74, 6) is -0.158. The first-order chi connectivity index (χ1) is 9.52. The number of likely N-dealkylation sites (N-methyl/N-ethyl adjacent to an activating group) is 1. The Morgan fingerprint density at radius 3 is 2.85 bits per heavy atom. The summed E-state index contributed by atoms with van der Waals surface area (Å²) in [6.45, 7) is 3.42. The molecule has 1 N–H and O–H groups in total. The van der Waals surface area contributed by atoms with Crippen molar-refractivity contribution in [3.8, 4) is 0 Å². The van der Waals surface area contributed by atoms with Gasteiger partial charge in [0.2, 0.25) is 11.8 Å². The average Bonchev–Trinajstić information content (AvgIpc) is 3.16. The number of benzene rings is 1. The molecule has 1 aliphatic rings. The van der Waals surface area contributed by atoms with Gasteiger partial charge in [-0.2, -0.15) is 0 Å². The van der Waals surface area contributed by atoms with Gasteiger partial charge in [0.25, 0.3) is 0 Å². The van der Waals surface area contributed by atoms with Crippen LogP contribution < -0.4 is 5.32 Å². The molecular formula is C15H17ClN2O2. The fourth-order valence-corrected chi connectivity index (χ4v) is 2.45. The standard InChI is InChI=1S/C15H17ClN2O2/c1-3-15(20)18(2)9-14(19)17-13-8-11(13)10-6-4-5-7-12(10)16/h3-7,11,13H,1,8-9H2,2H3,(H,17,19)/t11-,13+/m0/s1. The first-order valence-corrected chi connectivity index (χ1v) is 6.82. The second-order valence-corrected chi connectivity index (χ2v) is 5.34. The summed E-state index contributed by atoms with van der Waals surface area (Å²) in [5.41, 5.74) is 1.06. The third kappa shape index (κ3) is 3.39. The minimum absolute atomic E-state index is 0.0383. The first-order valence-electron chi connectivity index (χ1n) is 6.44. The zero-order valence-electron chi connectivity index (χ0n) is 11.3. The van der Waals surface area contributed by atoms with Crippen LogP contribution in [-0.2, 0) is 9.59 Å². The molecule has 2 amide bonds. The third-order valence-electron chi connectivity index (χ3n) is 3.37. The summed E-state index contributed by atoms with van der Waals surface area (Å²) in [7, 11) is 1.57. The van der Waals surface area contributed by atoms with Crippen LogP contribution in [0.4, 0.5) is 0 Å². The summed E-state index contributed by atoms with van der Waals surface area (Å²) < 4.78 is 0. The fraction of sp³-hybridized carbons (Fsp3) is 0.333. The van der Waals surface area contributed by atoms with Crippen molar-refractivity contribution >= 4 is 23.4 Å². The van der Waals surface area contributed by atoms with Gasteiger partial charge in [0.1, 0.15) is 0 Å². The highest BCUT2D eigenvalue weighted by molar-refractivity contribution is 6.31. The predicted molar refractivity (Wildman–Crippen MR) is 78.6 cm³/mol. The molecule has 4 nitrogen and oxygen atoms in total. The Morgan fingerprint density at radius 2 is 2.20 bits per heavy atom. The smallest absolute Gasteiger partial charge is 0.246 e. The van der Waals surface area contributed by atoms with Crippen molar-refractivity contribution in [2.45, 2.75) is 18.4 Å². The molecule has 0 heterocycles. The van der Waals surface area contributed by atoms with Crippen LogP contribution in [-0.4, -0.2) is 36.3 Å². The molecule has 5 heteroatoms. The summed E-state index contributed by atoms with van der Waals surface area (Å²) in [4.78, 5) is 24.4. The minimum atomic E-state index is -0.265. The normalized spacial score (nSPS) is 20.1. The van der Waals surface area contributed by atoms with E-state index in [1.54, 1.807) is 7.05 Å². The maximum atomic E-state index is 11.8. The highest BCUT2D eigenvalue weighted by Gasteiger charge is 2.40. The fourth-order valence-electron chi connectivity index (χ4n) is 2.18. The predicted octanol–water partition coefficient (Wildman–Crippen LogP) is 1.96. The molecule has 20 heavy (non-hydrogen) atoms. The van der Waals surface area contributed by atoms with Gasteiger partial charge in [0.05, 0.1) is 6.54 Å². The first kappa shape index (κ1) is 14.6. The van der Waals surface area contributed by atoms with E-state index in [-0.39, 0.29) is 30.3 Å². The molecule has 2 atom stereocenters. The van der Waals surface area contributed by atoms with E-state index in [4.69, 9.17) is 11.6 Å². The summed E-state index contributed by atoms with van der Waals surface area (Å²) in [6.07, 6.45) is 2.07. The Hall–Kier alpha value is -1.81. The van der Waals surface area contributed by atoms with E-state index in [1.165, 1.54) is 11.0 Å². The minimum Gasteiger partial charge on any atom is -0.351 e. The summed E-state index contributed by atoms with van der Waals surface area (Å²) in [5, 5.41) is 3.64. The number of amides is 2. The molecule has 0 aliphatic heterocycles. The molecular weight excluding hydrogens is 276 g/mol. The van der Waals surface area contributed by atoms with E-state index in [2.05, 4.69) is 11.9 Å². The van der Waals surface area contributed by atoms with Gasteiger partial charge in [-0.25, -0.2) is 0 Å². The molecule has 1 aliphatic carbocycles. The van der Waals surface area contributed by atoms with Crippen LogP contribution in [0.1, 0.15) is 17.9 Å². The van der Waals surface area contributed by atoms with Gasteiger partial charge in [0.15, 0.2) is 0 Å². The van der Waals surface area contributed by atoms with Crippen molar-refractivity contribution in [1.82, 2.24) is 10.2 Å². The van der Waals surface area contributed by atoms with Gasteiger partial charge in [-0.15, -0.1) is 0 Å². The maximum Gasteiger partial charge on any atom is 0.246 e. The molecule has 1 aromatic carbocycles. The molecule has 106 valence electrons. The average molecular weight is 293 g/mol. The second-order valence-electron chi connectivity index (χ2n) is 4.94. The largest absolute Gasteiger partial charge is 0.351 e. The van der Waals surface area contributed by atoms with E-state index in [1.807, 2.05) is 24.3 Å². The van der Waals surface area contributed by atoms with Crippen LogP contribution in [0.25, 0.3) is 0 Å². The zero-order valence-corrected chi connectivity index (χ0v) is 12.1. The van der Waals surface area contributed by atoms with Gasteiger partial charge in [-0.05, 0) is 24.1 Å². The lowest BCUT2D eigenvalue weighted by Crippen LogP contribution is -2.38. The number of nitrogens with one attached hydrogen (secondary N) is 1. The van der Waals surface area contributed by atoms with Crippen molar-refractivity contribution in [2.75, 3.05) is 13.6 Å². The van der Waals surface area contributed by atoms with E-state index in [0.717, 1.165) is 17.0 Å². The van der Waals surface area contributed by atoms with Crippen molar-refractivity contribution in [3.63, 3.8) is 0 Å². The molecule has 0 spiro atoms. The highest BCUT2D eigenvalue weighted by Crippen LogP contribution is 2.43. The maximum absolute atomic E-state index is 11.8. The topological polar surface area (TPSA) is 49.4 Å². The van der Waals surface area contributed by atoms with E-state index in [0.29, 0.717) is 0 Å². The number of rotatable bonds is 5. The molecule has 0 radical (unpaired) electrons. The SMILES string of the molecule is C=CC(=O)N(C)CC(=O)N[C@@H]1C[C@H]1c1ccccc1Cl. The van der Waals surface area contributed by atoms with Crippen molar-refractivity contribution in [3.05, 3.63) is 47.5 Å². The van der Waals surface area contributed by atoms with Crippen LogP contribution in [0.15, 0.2) is 36.9 Å². The molecule has 0 unspecified atom stereocenters. The van der Waals surface area contributed by atoms with Gasteiger partial charge in [-0.3, -0.25) is 9.59 Å². The number of hydrogen-bond acceptors (Lipinski definition) is 2. The Balaban J connectivity index is 1.85. The Bertz CT molecular complexity index is 544. The lowest BCUT2D eigenvalue weighted by molar-refractivity contribution is -0.131. The molecule has 0 bridgehead atoms. The Kier molecular flexibility index (Phi) is 4.45. The zero-order chi connectivity index (χ0) is 14.7. The highest BCUT2D eigenvalue weighted by atomic mass is 35.5. The van der Waals surface area contributed by atoms with Crippen LogP contribution in [0.3, 0.4) is 0 Å². The molecule has 0 saturated heterocycles. The number of carbonyl (C=O) groups excluding carboxylic acids is 2. The van der Waals surface area contributed by atoms with Crippen LogP contribution in [0.2, 0.25) is 5.02 Å². The van der Waals surface area contributed by atoms with Crippen LogP contribution in [0.5, 0.6) is 0 Å². The van der Waals surface area contributed by atoms with Crippen molar-refractivity contribution in [2.24, 2.45) is 0 Å². The van der Waals surface area contributed by atoms with E-state index < -0.39 is 0 Å². The quantitative estimate of drug-likeness (QED) is 0.844. The summed E-state index contributed by atoms with van der Waals surface area (Å²) in [6, 6.07) is 7.76. The van der Waals surface area contributed by atoms with Crippen molar-refractivity contribution in [1.29, 1.82) is 0 Å². The monoisotopic (exact) mass is 292 g/mol. The molecule has 1 aromatic rings. The summed E-state index contributed by atoms with van der Waals surface area (Å²) >= 11 is 6.13. The van der Waals surface area contributed by atoms with E-state index >= 15 is 0 Å². The van der Waals surface area contributed by atoms with Gasteiger partial charge in [-0.1, -0.05) is 36.4 Å². The molecule has 2 rings (SSSR count).